The zero-order valence-corrected chi connectivity index (χ0v) is 11.0. The molecule has 1 fully saturated rings. The number of nitrogens with zero attached hydrogens (tertiary/aromatic N) is 4. The second-order valence-corrected chi connectivity index (χ2v) is 4.64. The average Bonchev–Trinajstić information content (AvgIpc) is 3.00. The van der Waals surface area contributed by atoms with Gasteiger partial charge in [0.15, 0.2) is 0 Å². The molecule has 1 saturated heterocycles. The van der Waals surface area contributed by atoms with Crippen LogP contribution in [0.25, 0.3) is 0 Å². The number of carbonyl (C=O) groups is 1. The smallest absolute Gasteiger partial charge is 0.310 e. The van der Waals surface area contributed by atoms with Crippen LogP contribution < -0.4 is 0 Å². The van der Waals surface area contributed by atoms with Gasteiger partial charge in [0.1, 0.15) is 12.2 Å². The Kier molecular flexibility index (Phi) is 4.30. The Morgan fingerprint density at radius 2 is 2.44 bits per heavy atom. The van der Waals surface area contributed by atoms with E-state index in [0.29, 0.717) is 0 Å². The highest BCUT2D eigenvalue weighted by Gasteiger charge is 2.29. The Hall–Kier alpha value is -1.43. The minimum absolute atomic E-state index is 0.0116. The summed E-state index contributed by atoms with van der Waals surface area (Å²) in [4.78, 5) is 18.0. The van der Waals surface area contributed by atoms with E-state index in [1.165, 1.54) is 7.11 Å². The molecule has 0 aliphatic carbocycles. The van der Waals surface area contributed by atoms with Gasteiger partial charge in [-0.2, -0.15) is 5.10 Å². The van der Waals surface area contributed by atoms with E-state index in [1.54, 1.807) is 6.33 Å². The molecule has 1 aliphatic rings. The SMILES string of the molecule is CCCn1ncnc1CN1CCC(C(=O)OC)C1. The molecule has 2 heterocycles. The Morgan fingerprint density at radius 1 is 1.61 bits per heavy atom. The van der Waals surface area contributed by atoms with Crippen molar-refractivity contribution in [3.05, 3.63) is 12.2 Å². The highest BCUT2D eigenvalue weighted by Crippen LogP contribution is 2.19. The number of rotatable bonds is 5. The van der Waals surface area contributed by atoms with Crippen LogP contribution >= 0.6 is 0 Å². The molecule has 6 heteroatoms. The fourth-order valence-corrected chi connectivity index (χ4v) is 2.34. The molecule has 0 bridgehead atoms. The van der Waals surface area contributed by atoms with Gasteiger partial charge in [-0.15, -0.1) is 0 Å². The van der Waals surface area contributed by atoms with Gasteiger partial charge in [-0.05, 0) is 19.4 Å². The van der Waals surface area contributed by atoms with Crippen LogP contribution in [0.3, 0.4) is 0 Å². The van der Waals surface area contributed by atoms with E-state index in [9.17, 15) is 4.79 Å². The third kappa shape index (κ3) is 2.87. The molecule has 1 atom stereocenters. The van der Waals surface area contributed by atoms with Crippen molar-refractivity contribution in [2.75, 3.05) is 20.2 Å². The van der Waals surface area contributed by atoms with E-state index in [0.717, 1.165) is 44.8 Å². The van der Waals surface area contributed by atoms with Crippen molar-refractivity contribution < 1.29 is 9.53 Å². The fraction of sp³-hybridized carbons (Fsp3) is 0.750. The fourth-order valence-electron chi connectivity index (χ4n) is 2.34. The molecule has 1 aromatic rings. The molecule has 1 aromatic heterocycles. The van der Waals surface area contributed by atoms with Crippen molar-refractivity contribution in [2.45, 2.75) is 32.9 Å². The molecule has 0 N–H and O–H groups in total. The summed E-state index contributed by atoms with van der Waals surface area (Å²) in [5, 5.41) is 4.21. The van der Waals surface area contributed by atoms with E-state index < -0.39 is 0 Å². The van der Waals surface area contributed by atoms with Crippen LogP contribution in [0.2, 0.25) is 0 Å². The topological polar surface area (TPSA) is 60.2 Å². The predicted molar refractivity (Wildman–Crippen MR) is 65.7 cm³/mol. The summed E-state index contributed by atoms with van der Waals surface area (Å²) in [6.45, 7) is 5.44. The van der Waals surface area contributed by atoms with Crippen LogP contribution in [0.15, 0.2) is 6.33 Å². The Labute approximate surface area is 107 Å². The zero-order chi connectivity index (χ0) is 13.0. The summed E-state index contributed by atoms with van der Waals surface area (Å²) < 4.78 is 6.72. The number of likely N-dealkylation sites (tertiary alicyclic amines) is 1. The molecule has 6 nitrogen and oxygen atoms in total. The van der Waals surface area contributed by atoms with Gasteiger partial charge in [0.05, 0.1) is 19.6 Å². The quantitative estimate of drug-likeness (QED) is 0.721. The summed E-state index contributed by atoms with van der Waals surface area (Å²) in [7, 11) is 1.45. The van der Waals surface area contributed by atoms with Gasteiger partial charge in [0.25, 0.3) is 0 Å². The number of aryl methyl sites for hydroxylation is 1. The van der Waals surface area contributed by atoms with E-state index in [4.69, 9.17) is 4.74 Å². The first-order valence-corrected chi connectivity index (χ1v) is 6.41. The molecule has 0 spiro atoms. The average molecular weight is 252 g/mol. The normalized spacial score (nSPS) is 20.2. The summed E-state index contributed by atoms with van der Waals surface area (Å²) >= 11 is 0. The number of esters is 1. The molecule has 18 heavy (non-hydrogen) atoms. The van der Waals surface area contributed by atoms with Crippen molar-refractivity contribution >= 4 is 5.97 Å². The van der Waals surface area contributed by atoms with Crippen LogP contribution in [0.4, 0.5) is 0 Å². The lowest BCUT2D eigenvalue weighted by Crippen LogP contribution is -2.25. The van der Waals surface area contributed by atoms with Gasteiger partial charge in [-0.25, -0.2) is 9.67 Å². The van der Waals surface area contributed by atoms with E-state index in [1.807, 2.05) is 4.68 Å². The van der Waals surface area contributed by atoms with Gasteiger partial charge in [-0.1, -0.05) is 6.92 Å². The molecule has 100 valence electrons. The monoisotopic (exact) mass is 252 g/mol. The van der Waals surface area contributed by atoms with Gasteiger partial charge in [0, 0.05) is 13.1 Å². The Morgan fingerprint density at radius 3 is 3.17 bits per heavy atom. The maximum atomic E-state index is 11.4. The van der Waals surface area contributed by atoms with Crippen molar-refractivity contribution in [1.82, 2.24) is 19.7 Å². The predicted octanol–water partition coefficient (Wildman–Crippen LogP) is 0.683. The number of hydrogen-bond donors (Lipinski definition) is 0. The lowest BCUT2D eigenvalue weighted by Gasteiger charge is -2.15. The number of ether oxygens (including phenoxy) is 1. The first-order chi connectivity index (χ1) is 8.74. The minimum Gasteiger partial charge on any atom is -0.469 e. The van der Waals surface area contributed by atoms with Crippen LogP contribution in [0.5, 0.6) is 0 Å². The summed E-state index contributed by atoms with van der Waals surface area (Å²) in [6.07, 6.45) is 3.51. The molecule has 2 rings (SSSR count). The van der Waals surface area contributed by atoms with Crippen molar-refractivity contribution in [3.8, 4) is 0 Å². The Balaban J connectivity index is 1.91. The van der Waals surface area contributed by atoms with Gasteiger partial charge in [-0.3, -0.25) is 9.69 Å². The molecule has 1 aliphatic heterocycles. The summed E-state index contributed by atoms with van der Waals surface area (Å²) in [6, 6.07) is 0. The molecule has 0 aromatic carbocycles. The highest BCUT2D eigenvalue weighted by atomic mass is 16.5. The Bertz CT molecular complexity index is 405. The van der Waals surface area contributed by atoms with Crippen LogP contribution in [0, 0.1) is 5.92 Å². The minimum atomic E-state index is -0.104. The van der Waals surface area contributed by atoms with E-state index >= 15 is 0 Å². The first-order valence-electron chi connectivity index (χ1n) is 6.41. The van der Waals surface area contributed by atoms with Crippen molar-refractivity contribution in [3.63, 3.8) is 0 Å². The third-order valence-corrected chi connectivity index (χ3v) is 3.30. The largest absolute Gasteiger partial charge is 0.469 e. The first kappa shape index (κ1) is 13.0. The third-order valence-electron chi connectivity index (χ3n) is 3.30. The number of aromatic nitrogens is 3. The van der Waals surface area contributed by atoms with Crippen LogP contribution in [0.1, 0.15) is 25.6 Å². The van der Waals surface area contributed by atoms with E-state index in [2.05, 4.69) is 21.9 Å². The molecule has 0 radical (unpaired) electrons. The van der Waals surface area contributed by atoms with Crippen LogP contribution in [-0.2, 0) is 22.6 Å². The molecule has 1 unspecified atom stereocenters. The summed E-state index contributed by atoms with van der Waals surface area (Å²) in [5.74, 6) is 0.882. The number of methoxy groups -OCH3 is 1. The van der Waals surface area contributed by atoms with Gasteiger partial charge in [0.2, 0.25) is 0 Å². The number of carbonyl (C=O) groups excluding carboxylic acids is 1. The maximum absolute atomic E-state index is 11.4. The highest BCUT2D eigenvalue weighted by molar-refractivity contribution is 5.72. The lowest BCUT2D eigenvalue weighted by molar-refractivity contribution is -0.144. The molecule has 0 saturated carbocycles. The van der Waals surface area contributed by atoms with Gasteiger partial charge < -0.3 is 4.74 Å². The second-order valence-electron chi connectivity index (χ2n) is 4.64. The molecular formula is C12H20N4O2. The maximum Gasteiger partial charge on any atom is 0.310 e. The van der Waals surface area contributed by atoms with Crippen molar-refractivity contribution in [2.24, 2.45) is 5.92 Å². The van der Waals surface area contributed by atoms with Crippen molar-refractivity contribution in [1.29, 1.82) is 0 Å². The second kappa shape index (κ2) is 5.95. The zero-order valence-electron chi connectivity index (χ0n) is 11.0. The van der Waals surface area contributed by atoms with Gasteiger partial charge >= 0.3 is 5.97 Å². The van der Waals surface area contributed by atoms with E-state index in [-0.39, 0.29) is 11.9 Å². The molecular weight excluding hydrogens is 232 g/mol. The van der Waals surface area contributed by atoms with Crippen LogP contribution in [-0.4, -0.2) is 45.8 Å². The standard InChI is InChI=1S/C12H20N4O2/c1-3-5-16-11(13-9-14-16)8-15-6-4-10(7-15)12(17)18-2/h9-10H,3-8H2,1-2H3. The summed E-state index contributed by atoms with van der Waals surface area (Å²) in [5.41, 5.74) is 0. The molecule has 0 amide bonds. The number of hydrogen-bond acceptors (Lipinski definition) is 5. The lowest BCUT2D eigenvalue weighted by atomic mass is 10.1.